The number of anilines is 1. The third-order valence-corrected chi connectivity index (χ3v) is 4.42. The van der Waals surface area contributed by atoms with Crippen LogP contribution in [0.25, 0.3) is 0 Å². The van der Waals surface area contributed by atoms with Crippen LogP contribution in [0.5, 0.6) is 11.5 Å². The number of halogens is 1. The maximum atomic E-state index is 12.5. The van der Waals surface area contributed by atoms with Crippen LogP contribution < -0.4 is 14.4 Å². The molecule has 0 saturated heterocycles. The molecule has 0 spiro atoms. The molecule has 0 aromatic heterocycles. The molecule has 2 aromatic carbocycles. The third kappa shape index (κ3) is 4.34. The molecule has 0 N–H and O–H groups in total. The van der Waals surface area contributed by atoms with Crippen molar-refractivity contribution in [3.8, 4) is 11.5 Å². The molecule has 7 heteroatoms. The summed E-state index contributed by atoms with van der Waals surface area (Å²) in [4.78, 5) is 26.5. The summed E-state index contributed by atoms with van der Waals surface area (Å²) in [5.74, 6) is -0.184. The lowest BCUT2D eigenvalue weighted by molar-refractivity contribution is -0.126. The Morgan fingerprint density at radius 2 is 1.85 bits per heavy atom. The van der Waals surface area contributed by atoms with Crippen molar-refractivity contribution < 1.29 is 23.8 Å². The fourth-order valence-corrected chi connectivity index (χ4v) is 2.94. The van der Waals surface area contributed by atoms with E-state index in [1.807, 2.05) is 18.2 Å². The Bertz CT molecular complexity index is 840. The molecule has 0 bridgehead atoms. The van der Waals surface area contributed by atoms with Crippen LogP contribution in [0, 0.1) is 0 Å². The molecule has 1 unspecified atom stereocenters. The van der Waals surface area contributed by atoms with Crippen molar-refractivity contribution in [2.45, 2.75) is 19.4 Å². The zero-order chi connectivity index (χ0) is 19.4. The number of esters is 1. The van der Waals surface area contributed by atoms with E-state index in [-0.39, 0.29) is 16.5 Å². The SMILES string of the molecule is CC(OC(=O)c1cc(Cl)c2c(c1)OCCCO2)C(=O)N(C)c1ccccc1. The molecule has 1 heterocycles. The second-order valence-electron chi connectivity index (χ2n) is 6.12. The van der Waals surface area contributed by atoms with Crippen molar-refractivity contribution in [1.29, 1.82) is 0 Å². The molecule has 1 atom stereocenters. The molecule has 0 radical (unpaired) electrons. The minimum atomic E-state index is -0.961. The zero-order valence-corrected chi connectivity index (χ0v) is 15.9. The molecule has 27 heavy (non-hydrogen) atoms. The number of likely N-dealkylation sites (N-methyl/N-ethyl adjacent to an activating group) is 1. The van der Waals surface area contributed by atoms with Gasteiger partial charge in [-0.2, -0.15) is 0 Å². The number of fused-ring (bicyclic) bond motifs is 1. The highest BCUT2D eigenvalue weighted by molar-refractivity contribution is 6.32. The average Bonchev–Trinajstić information content (AvgIpc) is 2.93. The predicted octanol–water partition coefficient (Wildman–Crippen LogP) is 3.71. The minimum absolute atomic E-state index is 0.200. The standard InChI is InChI=1S/C20H20ClNO5/c1-13(19(23)22(2)15-7-4-3-5-8-15)27-20(24)14-11-16(21)18-17(12-14)25-9-6-10-26-18/h3-5,7-8,11-13H,6,9-10H2,1-2H3. The fraction of sp³-hybridized carbons (Fsp3) is 0.300. The topological polar surface area (TPSA) is 65.1 Å². The summed E-state index contributed by atoms with van der Waals surface area (Å²) in [6.07, 6.45) is -0.236. The van der Waals surface area contributed by atoms with Crippen LogP contribution in [0.15, 0.2) is 42.5 Å². The molecule has 1 amide bonds. The highest BCUT2D eigenvalue weighted by Gasteiger charge is 2.25. The van der Waals surface area contributed by atoms with Gasteiger partial charge in [0, 0.05) is 19.2 Å². The van der Waals surface area contributed by atoms with Gasteiger partial charge in [-0.15, -0.1) is 0 Å². The van der Waals surface area contributed by atoms with Gasteiger partial charge in [0.25, 0.3) is 5.91 Å². The average molecular weight is 390 g/mol. The Morgan fingerprint density at radius 3 is 2.59 bits per heavy atom. The first kappa shape index (κ1) is 19.0. The molecule has 3 rings (SSSR count). The van der Waals surface area contributed by atoms with E-state index < -0.39 is 12.1 Å². The van der Waals surface area contributed by atoms with Crippen LogP contribution >= 0.6 is 11.6 Å². The second-order valence-corrected chi connectivity index (χ2v) is 6.52. The van der Waals surface area contributed by atoms with Crippen LogP contribution in [0.1, 0.15) is 23.7 Å². The molecule has 0 saturated carbocycles. The number of ether oxygens (including phenoxy) is 3. The molecule has 6 nitrogen and oxygen atoms in total. The number of rotatable bonds is 4. The monoisotopic (exact) mass is 389 g/mol. The van der Waals surface area contributed by atoms with E-state index in [4.69, 9.17) is 25.8 Å². The molecule has 142 valence electrons. The summed E-state index contributed by atoms with van der Waals surface area (Å²) in [6, 6.07) is 12.1. The summed E-state index contributed by atoms with van der Waals surface area (Å²) in [7, 11) is 1.63. The van der Waals surface area contributed by atoms with Gasteiger partial charge in [0.1, 0.15) is 0 Å². The number of amides is 1. The van der Waals surface area contributed by atoms with Crippen LogP contribution in [-0.4, -0.2) is 38.2 Å². The predicted molar refractivity (Wildman–Crippen MR) is 102 cm³/mol. The number of para-hydroxylation sites is 1. The van der Waals surface area contributed by atoms with E-state index in [0.717, 1.165) is 6.42 Å². The molecule has 2 aromatic rings. The number of benzene rings is 2. The Kier molecular flexibility index (Phi) is 5.86. The van der Waals surface area contributed by atoms with Crippen molar-refractivity contribution >= 4 is 29.2 Å². The van der Waals surface area contributed by atoms with Crippen molar-refractivity contribution in [3.05, 3.63) is 53.1 Å². The van der Waals surface area contributed by atoms with Crippen LogP contribution in [0.3, 0.4) is 0 Å². The largest absolute Gasteiger partial charge is 0.489 e. The number of hydrogen-bond donors (Lipinski definition) is 0. The second kappa shape index (κ2) is 8.31. The van der Waals surface area contributed by atoms with Gasteiger partial charge in [0.15, 0.2) is 17.6 Å². The van der Waals surface area contributed by atoms with E-state index in [9.17, 15) is 9.59 Å². The van der Waals surface area contributed by atoms with E-state index in [1.165, 1.54) is 24.0 Å². The first-order valence-corrected chi connectivity index (χ1v) is 8.98. The lowest BCUT2D eigenvalue weighted by Crippen LogP contribution is -2.37. The third-order valence-electron chi connectivity index (χ3n) is 4.14. The van der Waals surface area contributed by atoms with E-state index in [0.29, 0.717) is 30.4 Å². The van der Waals surface area contributed by atoms with Gasteiger partial charge >= 0.3 is 5.97 Å². The first-order valence-electron chi connectivity index (χ1n) is 8.60. The maximum Gasteiger partial charge on any atom is 0.339 e. The Balaban J connectivity index is 1.72. The van der Waals surface area contributed by atoms with Gasteiger partial charge in [-0.25, -0.2) is 4.79 Å². The van der Waals surface area contributed by atoms with Crippen LogP contribution in [-0.2, 0) is 9.53 Å². The van der Waals surface area contributed by atoms with Gasteiger partial charge in [-0.1, -0.05) is 29.8 Å². The normalized spacial score (nSPS) is 14.0. The Labute approximate surface area is 162 Å². The highest BCUT2D eigenvalue weighted by atomic mass is 35.5. The number of carbonyl (C=O) groups is 2. The van der Waals surface area contributed by atoms with Crippen molar-refractivity contribution in [2.75, 3.05) is 25.2 Å². The summed E-state index contributed by atoms with van der Waals surface area (Å²) in [5.41, 5.74) is 0.912. The van der Waals surface area contributed by atoms with Crippen molar-refractivity contribution in [3.63, 3.8) is 0 Å². The molecule has 1 aliphatic heterocycles. The van der Waals surface area contributed by atoms with Crippen LogP contribution in [0.4, 0.5) is 5.69 Å². The van der Waals surface area contributed by atoms with E-state index in [2.05, 4.69) is 0 Å². The number of nitrogens with zero attached hydrogens (tertiary/aromatic N) is 1. The maximum absolute atomic E-state index is 12.5. The first-order chi connectivity index (χ1) is 13.0. The Hall–Kier alpha value is -2.73. The van der Waals surface area contributed by atoms with Crippen molar-refractivity contribution in [1.82, 2.24) is 0 Å². The molecule has 0 fully saturated rings. The number of carbonyl (C=O) groups excluding carboxylic acids is 2. The van der Waals surface area contributed by atoms with Gasteiger partial charge < -0.3 is 19.1 Å². The Morgan fingerprint density at radius 1 is 1.15 bits per heavy atom. The number of hydrogen-bond acceptors (Lipinski definition) is 5. The summed E-state index contributed by atoms with van der Waals surface area (Å²) in [6.45, 7) is 2.50. The summed E-state index contributed by atoms with van der Waals surface area (Å²) < 4.78 is 16.5. The summed E-state index contributed by atoms with van der Waals surface area (Å²) in [5, 5.41) is 0.265. The van der Waals surface area contributed by atoms with E-state index >= 15 is 0 Å². The smallest absolute Gasteiger partial charge is 0.339 e. The molecular weight excluding hydrogens is 370 g/mol. The quantitative estimate of drug-likeness (QED) is 0.746. The van der Waals surface area contributed by atoms with Gasteiger partial charge in [0.05, 0.1) is 23.8 Å². The van der Waals surface area contributed by atoms with Gasteiger partial charge in [-0.05, 0) is 31.2 Å². The zero-order valence-electron chi connectivity index (χ0n) is 15.1. The fourth-order valence-electron chi connectivity index (χ4n) is 2.68. The molecular formula is C20H20ClNO5. The highest BCUT2D eigenvalue weighted by Crippen LogP contribution is 2.38. The lowest BCUT2D eigenvalue weighted by atomic mass is 10.2. The van der Waals surface area contributed by atoms with Gasteiger partial charge in [0.2, 0.25) is 0 Å². The van der Waals surface area contributed by atoms with E-state index in [1.54, 1.807) is 19.2 Å². The van der Waals surface area contributed by atoms with Crippen LogP contribution in [0.2, 0.25) is 5.02 Å². The lowest BCUT2D eigenvalue weighted by Gasteiger charge is -2.21. The summed E-state index contributed by atoms with van der Waals surface area (Å²) >= 11 is 6.21. The molecule has 0 aliphatic carbocycles. The molecule has 1 aliphatic rings. The van der Waals surface area contributed by atoms with Crippen molar-refractivity contribution in [2.24, 2.45) is 0 Å². The van der Waals surface area contributed by atoms with Gasteiger partial charge in [-0.3, -0.25) is 4.79 Å². The minimum Gasteiger partial charge on any atom is -0.489 e.